The van der Waals surface area contributed by atoms with Crippen molar-refractivity contribution in [2.45, 2.75) is 85.9 Å². The van der Waals surface area contributed by atoms with E-state index in [9.17, 15) is 14.4 Å². The summed E-state index contributed by atoms with van der Waals surface area (Å²) in [5.74, 6) is 0.00664. The lowest BCUT2D eigenvalue weighted by Crippen LogP contribution is -2.55. The van der Waals surface area contributed by atoms with Crippen LogP contribution in [0.4, 0.5) is 4.79 Å². The topological polar surface area (TPSA) is 131 Å². The first kappa shape index (κ1) is 40.8. The lowest BCUT2D eigenvalue weighted by molar-refractivity contribution is -0.161. The van der Waals surface area contributed by atoms with Gasteiger partial charge in [-0.15, -0.1) is 0 Å². The van der Waals surface area contributed by atoms with Crippen LogP contribution < -0.4 is 20.7 Å². The number of fused-ring (bicyclic) bond motifs is 1. The predicted molar refractivity (Wildman–Crippen MR) is 207 cm³/mol. The molecule has 11 nitrogen and oxygen atoms in total. The van der Waals surface area contributed by atoms with E-state index < -0.39 is 23.8 Å². The quantitative estimate of drug-likeness (QED) is 0.101. The molecule has 4 amide bonds. The van der Waals surface area contributed by atoms with Crippen molar-refractivity contribution in [3.8, 4) is 5.75 Å². The van der Waals surface area contributed by atoms with E-state index in [1.54, 1.807) is 24.9 Å². The van der Waals surface area contributed by atoms with Gasteiger partial charge >= 0.3 is 6.03 Å². The molecule has 0 aliphatic carbocycles. The number of urea groups is 1. The maximum Gasteiger partial charge on any atom is 0.315 e. The van der Waals surface area contributed by atoms with Crippen LogP contribution in [0.3, 0.4) is 0 Å². The van der Waals surface area contributed by atoms with Crippen LogP contribution in [0.2, 0.25) is 0 Å². The lowest BCUT2D eigenvalue weighted by atomic mass is 9.91. The van der Waals surface area contributed by atoms with E-state index in [1.165, 1.54) is 0 Å². The molecular weight excluding hydrogens is 670 g/mol. The molecule has 284 valence electrons. The monoisotopic (exact) mass is 725 g/mol. The van der Waals surface area contributed by atoms with Gasteiger partial charge in [0.05, 0.1) is 17.5 Å². The smallest absolute Gasteiger partial charge is 0.315 e. The number of nitrogens with one attached hydrogen (secondary N) is 3. The highest BCUT2D eigenvalue weighted by molar-refractivity contribution is 5.91. The SMILES string of the molecule is CCOC(CN(Cc1cccc2cccnc12)C(=O)[C@H](Cc1ccc(OC(C)(C)C)cc1)NC(=O)C(C)(C)CNC(=O)NCc1ccccc1)OCC. The van der Waals surface area contributed by atoms with Crippen molar-refractivity contribution in [3.63, 3.8) is 0 Å². The van der Waals surface area contributed by atoms with Crippen LogP contribution >= 0.6 is 0 Å². The summed E-state index contributed by atoms with van der Waals surface area (Å²) in [6.45, 7) is 14.7. The van der Waals surface area contributed by atoms with Crippen molar-refractivity contribution in [1.29, 1.82) is 0 Å². The minimum Gasteiger partial charge on any atom is -0.488 e. The molecule has 4 aromatic rings. The third kappa shape index (κ3) is 12.9. The number of hydrogen-bond acceptors (Lipinski definition) is 7. The van der Waals surface area contributed by atoms with Crippen molar-refractivity contribution in [3.05, 3.63) is 108 Å². The molecule has 0 saturated heterocycles. The Morgan fingerprint density at radius 2 is 1.47 bits per heavy atom. The van der Waals surface area contributed by atoms with E-state index in [1.807, 2.05) is 120 Å². The average Bonchev–Trinajstić information content (AvgIpc) is 3.13. The van der Waals surface area contributed by atoms with Crippen LogP contribution in [0.1, 0.15) is 65.2 Å². The molecule has 3 aromatic carbocycles. The zero-order valence-electron chi connectivity index (χ0n) is 32.1. The molecule has 0 radical (unpaired) electrons. The highest BCUT2D eigenvalue weighted by Crippen LogP contribution is 2.23. The molecule has 0 aliphatic heterocycles. The molecular formula is C42H55N5O6. The van der Waals surface area contributed by atoms with Gasteiger partial charge in [0.15, 0.2) is 6.29 Å². The zero-order chi connectivity index (χ0) is 38.4. The van der Waals surface area contributed by atoms with E-state index in [0.717, 1.165) is 27.6 Å². The second kappa shape index (κ2) is 19.2. The first-order chi connectivity index (χ1) is 25.3. The highest BCUT2D eigenvalue weighted by Gasteiger charge is 2.35. The number of hydrogen-bond donors (Lipinski definition) is 3. The third-order valence-electron chi connectivity index (χ3n) is 8.46. The highest BCUT2D eigenvalue weighted by atomic mass is 16.7. The number of pyridine rings is 1. The number of para-hydroxylation sites is 1. The minimum absolute atomic E-state index is 0.0430. The number of carbonyl (C=O) groups excluding carboxylic acids is 3. The van der Waals surface area contributed by atoms with Gasteiger partial charge in [0.1, 0.15) is 17.4 Å². The normalized spacial score (nSPS) is 12.3. The van der Waals surface area contributed by atoms with E-state index in [2.05, 4.69) is 20.9 Å². The van der Waals surface area contributed by atoms with Crippen molar-refractivity contribution < 1.29 is 28.6 Å². The van der Waals surface area contributed by atoms with Gasteiger partial charge in [-0.1, -0.05) is 66.7 Å². The molecule has 0 aliphatic rings. The summed E-state index contributed by atoms with van der Waals surface area (Å²) in [6, 6.07) is 25.5. The Hall–Kier alpha value is -5.00. The molecule has 3 N–H and O–H groups in total. The first-order valence-electron chi connectivity index (χ1n) is 18.3. The maximum atomic E-state index is 14.8. The molecule has 0 bridgehead atoms. The molecule has 0 unspecified atom stereocenters. The van der Waals surface area contributed by atoms with E-state index in [0.29, 0.717) is 25.5 Å². The number of nitrogens with zero attached hydrogens (tertiary/aromatic N) is 2. The lowest BCUT2D eigenvalue weighted by Gasteiger charge is -2.33. The molecule has 1 heterocycles. The Kier molecular flexibility index (Phi) is 14.8. The van der Waals surface area contributed by atoms with Gasteiger partial charge in [-0.05, 0) is 83.4 Å². The maximum absolute atomic E-state index is 14.8. The van der Waals surface area contributed by atoms with Crippen LogP contribution in [0.5, 0.6) is 5.75 Å². The number of rotatable bonds is 18. The van der Waals surface area contributed by atoms with Crippen molar-refractivity contribution in [2.75, 3.05) is 26.3 Å². The number of aromatic nitrogens is 1. The van der Waals surface area contributed by atoms with Gasteiger partial charge in [-0.2, -0.15) is 0 Å². The fraction of sp³-hybridized carbons (Fsp3) is 0.429. The van der Waals surface area contributed by atoms with Crippen molar-refractivity contribution in [1.82, 2.24) is 25.8 Å². The Labute approximate surface area is 313 Å². The standard InChI is InChI=1S/C42H55N5O6/c1-8-51-36(52-9-2)28-47(27-33-18-13-17-32-19-14-24-43-37(32)33)38(48)35(25-30-20-22-34(23-21-30)53-41(3,4)5)46-39(49)42(6,7)29-45-40(50)44-26-31-15-11-10-12-16-31/h10-24,35-36H,8-9,25-29H2,1-7H3,(H,46,49)(H2,44,45,50)/t35-/m0/s1. The third-order valence-corrected chi connectivity index (χ3v) is 8.46. The minimum atomic E-state index is -1.06. The van der Waals surface area contributed by atoms with Crippen LogP contribution in [0.25, 0.3) is 10.9 Å². The molecule has 11 heteroatoms. The summed E-state index contributed by atoms with van der Waals surface area (Å²) in [5, 5.41) is 9.65. The second-order valence-corrected chi connectivity index (χ2v) is 14.5. The molecule has 1 aromatic heterocycles. The van der Waals surface area contributed by atoms with Crippen LogP contribution in [-0.4, -0.2) is 72.0 Å². The number of benzene rings is 3. The summed E-state index contributed by atoms with van der Waals surface area (Å²) < 4.78 is 17.8. The fourth-order valence-electron chi connectivity index (χ4n) is 5.72. The van der Waals surface area contributed by atoms with Crippen LogP contribution in [0, 0.1) is 5.41 Å². The predicted octanol–water partition coefficient (Wildman–Crippen LogP) is 6.39. The Balaban J connectivity index is 1.60. The second-order valence-electron chi connectivity index (χ2n) is 14.5. The van der Waals surface area contributed by atoms with Gasteiger partial charge in [-0.25, -0.2) is 4.79 Å². The Bertz CT molecular complexity index is 1760. The Morgan fingerprint density at radius 3 is 2.13 bits per heavy atom. The van der Waals surface area contributed by atoms with Gasteiger partial charge in [0.25, 0.3) is 0 Å². The summed E-state index contributed by atoms with van der Waals surface area (Å²) in [5.41, 5.74) is 1.99. The molecule has 4 rings (SSSR count). The molecule has 0 spiro atoms. The first-order valence-corrected chi connectivity index (χ1v) is 18.3. The zero-order valence-corrected chi connectivity index (χ0v) is 32.1. The molecule has 0 saturated carbocycles. The summed E-state index contributed by atoms with van der Waals surface area (Å²) in [7, 11) is 0. The number of amides is 4. The van der Waals surface area contributed by atoms with Gasteiger partial charge in [0.2, 0.25) is 11.8 Å². The number of ether oxygens (including phenoxy) is 3. The molecule has 53 heavy (non-hydrogen) atoms. The van der Waals surface area contributed by atoms with Crippen LogP contribution in [0.15, 0.2) is 91.1 Å². The van der Waals surface area contributed by atoms with Gasteiger partial charge in [-0.3, -0.25) is 14.6 Å². The van der Waals surface area contributed by atoms with Crippen LogP contribution in [-0.2, 0) is 38.6 Å². The Morgan fingerprint density at radius 1 is 0.792 bits per heavy atom. The molecule has 0 fully saturated rings. The van der Waals surface area contributed by atoms with E-state index >= 15 is 0 Å². The summed E-state index contributed by atoms with van der Waals surface area (Å²) in [4.78, 5) is 47.8. The van der Waals surface area contributed by atoms with Crippen molar-refractivity contribution in [2.24, 2.45) is 5.41 Å². The summed E-state index contributed by atoms with van der Waals surface area (Å²) >= 11 is 0. The van der Waals surface area contributed by atoms with Gasteiger partial charge in [0, 0.05) is 50.9 Å². The molecule has 1 atom stereocenters. The summed E-state index contributed by atoms with van der Waals surface area (Å²) in [6.07, 6.45) is 1.26. The largest absolute Gasteiger partial charge is 0.488 e. The van der Waals surface area contributed by atoms with Crippen molar-refractivity contribution >= 4 is 28.7 Å². The van der Waals surface area contributed by atoms with E-state index in [4.69, 9.17) is 14.2 Å². The van der Waals surface area contributed by atoms with Gasteiger partial charge < -0.3 is 35.1 Å². The average molecular weight is 726 g/mol. The fourth-order valence-corrected chi connectivity index (χ4v) is 5.72. The van der Waals surface area contributed by atoms with E-state index in [-0.39, 0.29) is 43.5 Å². The number of carbonyl (C=O) groups is 3.